The van der Waals surface area contributed by atoms with Crippen molar-refractivity contribution in [3.05, 3.63) is 22.2 Å². The number of rotatable bonds is 12. The molecule has 8 nitrogen and oxygen atoms in total. The van der Waals surface area contributed by atoms with Crippen LogP contribution < -0.4 is 5.32 Å². The van der Waals surface area contributed by atoms with Crippen molar-refractivity contribution in [1.29, 1.82) is 0 Å². The molecule has 1 aromatic heterocycles. The molecule has 1 aromatic carbocycles. The van der Waals surface area contributed by atoms with Crippen molar-refractivity contribution in [3.8, 4) is 0 Å². The van der Waals surface area contributed by atoms with Crippen LogP contribution in [0.4, 0.5) is 11.4 Å². The minimum atomic E-state index is -0.489. The minimum absolute atomic E-state index is 0.0991. The average Bonchev–Trinajstić information content (AvgIpc) is 3.06. The largest absolute Gasteiger partial charge is 0.396 e. The van der Waals surface area contributed by atoms with Crippen LogP contribution in [0.25, 0.3) is 11.0 Å². The highest BCUT2D eigenvalue weighted by molar-refractivity contribution is 5.93. The van der Waals surface area contributed by atoms with Gasteiger partial charge in [-0.05, 0) is 29.2 Å². The first-order valence-corrected chi connectivity index (χ1v) is 8.48. The number of fused-ring (bicyclic) bond motifs is 1. The molecule has 0 radical (unpaired) electrons. The maximum absolute atomic E-state index is 10.9. The molecule has 0 unspecified atom stereocenters. The molecular formula is C16H24N4O4. The summed E-state index contributed by atoms with van der Waals surface area (Å²) in [5.41, 5.74) is 1.18. The maximum atomic E-state index is 10.9. The predicted molar refractivity (Wildman–Crippen MR) is 91.0 cm³/mol. The molecule has 8 heteroatoms. The van der Waals surface area contributed by atoms with Crippen LogP contribution in [0.5, 0.6) is 0 Å². The van der Waals surface area contributed by atoms with Gasteiger partial charge in [-0.1, -0.05) is 38.5 Å². The van der Waals surface area contributed by atoms with Crippen LogP contribution in [0.1, 0.15) is 51.4 Å². The molecular weight excluding hydrogens is 312 g/mol. The van der Waals surface area contributed by atoms with E-state index >= 15 is 0 Å². The number of anilines is 1. The summed E-state index contributed by atoms with van der Waals surface area (Å²) in [4.78, 5) is 10.4. The molecule has 0 saturated heterocycles. The van der Waals surface area contributed by atoms with Crippen LogP contribution in [0.15, 0.2) is 16.8 Å². The number of nitrogens with one attached hydrogen (secondary N) is 1. The second-order valence-corrected chi connectivity index (χ2v) is 5.83. The van der Waals surface area contributed by atoms with Gasteiger partial charge in [0.05, 0.1) is 10.6 Å². The lowest BCUT2D eigenvalue weighted by Crippen LogP contribution is -2.02. The standard InChI is InChI=1S/C16H24N4O4/c21-12-8-6-4-2-1-3-5-7-11-17-13-9-10-14(20(22)23)16-15(13)18-24-19-16/h9-10,17,21H,1-8,11-12H2. The SMILES string of the molecule is O=[N+]([O-])c1ccc(NCCCCCCCCCCO)c2nonc12. The quantitative estimate of drug-likeness (QED) is 0.345. The summed E-state index contributed by atoms with van der Waals surface area (Å²) >= 11 is 0. The van der Waals surface area contributed by atoms with E-state index in [4.69, 9.17) is 5.11 Å². The number of hydrogen-bond donors (Lipinski definition) is 2. The van der Waals surface area contributed by atoms with E-state index in [0.717, 1.165) is 32.2 Å². The van der Waals surface area contributed by atoms with Crippen LogP contribution in [0.2, 0.25) is 0 Å². The Morgan fingerprint density at radius 2 is 1.62 bits per heavy atom. The molecule has 0 spiro atoms. The van der Waals surface area contributed by atoms with E-state index in [1.54, 1.807) is 6.07 Å². The number of nitrogens with zero attached hydrogens (tertiary/aromatic N) is 3. The van der Waals surface area contributed by atoms with E-state index in [1.165, 1.54) is 31.7 Å². The van der Waals surface area contributed by atoms with Crippen LogP contribution >= 0.6 is 0 Å². The number of benzene rings is 1. The Morgan fingerprint density at radius 1 is 1.00 bits per heavy atom. The van der Waals surface area contributed by atoms with Gasteiger partial charge in [0, 0.05) is 19.2 Å². The Labute approximate surface area is 140 Å². The summed E-state index contributed by atoms with van der Waals surface area (Å²) in [6.07, 6.45) is 9.02. The van der Waals surface area contributed by atoms with E-state index in [9.17, 15) is 10.1 Å². The van der Waals surface area contributed by atoms with Gasteiger partial charge in [-0.15, -0.1) is 0 Å². The first-order chi connectivity index (χ1) is 11.7. The maximum Gasteiger partial charge on any atom is 0.300 e. The molecule has 0 bridgehead atoms. The third-order valence-corrected chi connectivity index (χ3v) is 3.99. The van der Waals surface area contributed by atoms with Gasteiger partial charge in [-0.25, -0.2) is 4.63 Å². The minimum Gasteiger partial charge on any atom is -0.396 e. The van der Waals surface area contributed by atoms with E-state index in [-0.39, 0.29) is 11.2 Å². The van der Waals surface area contributed by atoms with Crippen molar-refractivity contribution < 1.29 is 14.7 Å². The zero-order valence-corrected chi connectivity index (χ0v) is 13.7. The third-order valence-electron chi connectivity index (χ3n) is 3.99. The number of unbranched alkanes of at least 4 members (excludes halogenated alkanes) is 7. The molecule has 0 amide bonds. The Hall–Kier alpha value is -2.22. The Balaban J connectivity index is 1.68. The molecule has 0 atom stereocenters. The van der Waals surface area contributed by atoms with Crippen LogP contribution in [-0.2, 0) is 0 Å². The van der Waals surface area contributed by atoms with Crippen molar-refractivity contribution >= 4 is 22.4 Å². The Bertz CT molecular complexity index is 644. The second kappa shape index (κ2) is 9.82. The lowest BCUT2D eigenvalue weighted by atomic mass is 10.1. The molecule has 0 aliphatic carbocycles. The average molecular weight is 336 g/mol. The molecule has 2 aromatic rings. The normalized spacial score (nSPS) is 11.0. The first-order valence-electron chi connectivity index (χ1n) is 8.48. The fraction of sp³-hybridized carbons (Fsp3) is 0.625. The Kier molecular flexibility index (Phi) is 7.41. The van der Waals surface area contributed by atoms with Gasteiger partial charge in [0.25, 0.3) is 0 Å². The topological polar surface area (TPSA) is 114 Å². The summed E-state index contributed by atoms with van der Waals surface area (Å²) < 4.78 is 4.64. The van der Waals surface area contributed by atoms with E-state index in [2.05, 4.69) is 20.3 Å². The van der Waals surface area contributed by atoms with Crippen molar-refractivity contribution in [2.45, 2.75) is 51.4 Å². The van der Waals surface area contributed by atoms with E-state index in [1.807, 2.05) is 0 Å². The summed E-state index contributed by atoms with van der Waals surface area (Å²) in [7, 11) is 0. The molecule has 1 heterocycles. The molecule has 2 rings (SSSR count). The molecule has 2 N–H and O–H groups in total. The van der Waals surface area contributed by atoms with Crippen LogP contribution in [0.3, 0.4) is 0 Å². The third kappa shape index (κ3) is 5.16. The van der Waals surface area contributed by atoms with Gasteiger partial charge in [-0.2, -0.15) is 0 Å². The first kappa shape index (κ1) is 18.1. The predicted octanol–water partition coefficient (Wildman–Crippen LogP) is 3.66. The van der Waals surface area contributed by atoms with Crippen molar-refractivity contribution in [2.75, 3.05) is 18.5 Å². The molecule has 0 aliphatic heterocycles. The monoisotopic (exact) mass is 336 g/mol. The lowest BCUT2D eigenvalue weighted by Gasteiger charge is -2.06. The lowest BCUT2D eigenvalue weighted by molar-refractivity contribution is -0.383. The number of non-ortho nitro benzene ring substituents is 1. The Morgan fingerprint density at radius 3 is 2.29 bits per heavy atom. The van der Waals surface area contributed by atoms with Gasteiger partial charge >= 0.3 is 5.69 Å². The number of hydrogen-bond acceptors (Lipinski definition) is 7. The molecule has 0 saturated carbocycles. The number of aliphatic hydroxyl groups is 1. The number of aliphatic hydroxyl groups excluding tert-OH is 1. The van der Waals surface area contributed by atoms with Crippen LogP contribution in [0, 0.1) is 10.1 Å². The van der Waals surface area contributed by atoms with Crippen molar-refractivity contribution in [2.24, 2.45) is 0 Å². The van der Waals surface area contributed by atoms with Crippen LogP contribution in [-0.4, -0.2) is 33.5 Å². The van der Waals surface area contributed by atoms with E-state index < -0.39 is 4.92 Å². The zero-order chi connectivity index (χ0) is 17.2. The molecule has 0 aliphatic rings. The highest BCUT2D eigenvalue weighted by atomic mass is 16.6. The van der Waals surface area contributed by atoms with Gasteiger partial charge in [-0.3, -0.25) is 10.1 Å². The van der Waals surface area contributed by atoms with Gasteiger partial charge in [0.15, 0.2) is 5.52 Å². The number of aromatic nitrogens is 2. The number of nitro benzene ring substituents is 1. The molecule has 24 heavy (non-hydrogen) atoms. The molecule has 0 fully saturated rings. The van der Waals surface area contributed by atoms with Gasteiger partial charge in [0.2, 0.25) is 5.52 Å². The summed E-state index contributed by atoms with van der Waals surface area (Å²) in [5, 5.41) is 30.2. The fourth-order valence-electron chi connectivity index (χ4n) is 2.66. The smallest absolute Gasteiger partial charge is 0.300 e. The van der Waals surface area contributed by atoms with Crippen molar-refractivity contribution in [1.82, 2.24) is 10.3 Å². The molecule has 132 valence electrons. The van der Waals surface area contributed by atoms with Crippen molar-refractivity contribution in [3.63, 3.8) is 0 Å². The number of nitro groups is 1. The summed E-state index contributed by atoms with van der Waals surface area (Å²) in [6.45, 7) is 1.08. The summed E-state index contributed by atoms with van der Waals surface area (Å²) in [5.74, 6) is 0. The highest BCUT2D eigenvalue weighted by Gasteiger charge is 2.19. The van der Waals surface area contributed by atoms with Gasteiger partial charge in [0.1, 0.15) is 0 Å². The highest BCUT2D eigenvalue weighted by Crippen LogP contribution is 2.28. The zero-order valence-electron chi connectivity index (χ0n) is 13.7. The second-order valence-electron chi connectivity index (χ2n) is 5.83. The summed E-state index contributed by atoms with van der Waals surface area (Å²) in [6, 6.07) is 3.06. The fourth-order valence-corrected chi connectivity index (χ4v) is 2.66. The van der Waals surface area contributed by atoms with Gasteiger partial charge < -0.3 is 10.4 Å². The van der Waals surface area contributed by atoms with E-state index in [0.29, 0.717) is 17.8 Å².